The van der Waals surface area contributed by atoms with Gasteiger partial charge in [-0.1, -0.05) is 25.1 Å². The van der Waals surface area contributed by atoms with Crippen molar-refractivity contribution >= 4 is 5.69 Å². The summed E-state index contributed by atoms with van der Waals surface area (Å²) in [6.07, 6.45) is 2.09. The molecule has 23 heavy (non-hydrogen) atoms. The third-order valence-corrected chi connectivity index (χ3v) is 4.53. The Bertz CT molecular complexity index is 696. The monoisotopic (exact) mass is 311 g/mol. The third kappa shape index (κ3) is 3.44. The first-order chi connectivity index (χ1) is 11.1. The summed E-state index contributed by atoms with van der Waals surface area (Å²) >= 11 is 0. The zero-order valence-electron chi connectivity index (χ0n) is 14.2. The summed E-state index contributed by atoms with van der Waals surface area (Å²) < 4.78 is 6.16. The van der Waals surface area contributed by atoms with Crippen molar-refractivity contribution in [3.8, 4) is 11.5 Å². The predicted octanol–water partition coefficient (Wildman–Crippen LogP) is 4.23. The number of phenols is 1. The van der Waals surface area contributed by atoms with E-state index < -0.39 is 0 Å². The molecule has 1 N–H and O–H groups in total. The molecular formula is C20H25NO2. The highest BCUT2D eigenvalue weighted by Crippen LogP contribution is 2.36. The van der Waals surface area contributed by atoms with E-state index in [1.165, 1.54) is 16.7 Å². The molecule has 3 heteroatoms. The number of rotatable bonds is 4. The van der Waals surface area contributed by atoms with Gasteiger partial charge in [0.15, 0.2) is 0 Å². The number of aromatic hydroxyl groups is 1. The van der Waals surface area contributed by atoms with Crippen LogP contribution >= 0.6 is 0 Å². The van der Waals surface area contributed by atoms with Gasteiger partial charge < -0.3 is 14.7 Å². The fourth-order valence-corrected chi connectivity index (χ4v) is 3.20. The highest BCUT2D eigenvalue weighted by Gasteiger charge is 2.25. The zero-order chi connectivity index (χ0) is 16.4. The van der Waals surface area contributed by atoms with Crippen LogP contribution in [-0.4, -0.2) is 24.3 Å². The summed E-state index contributed by atoms with van der Waals surface area (Å²) in [4.78, 5) is 2.37. The molecule has 2 aromatic rings. The van der Waals surface area contributed by atoms with E-state index in [1.54, 1.807) is 12.1 Å². The van der Waals surface area contributed by atoms with Crippen molar-refractivity contribution in [2.45, 2.75) is 39.7 Å². The second-order valence-electron chi connectivity index (χ2n) is 6.46. The van der Waals surface area contributed by atoms with Gasteiger partial charge in [-0.3, -0.25) is 0 Å². The SMILES string of the molecule is CCCN1CC(Cc2ccc(C)c(C)c2)Oc2cc(O)ccc21. The van der Waals surface area contributed by atoms with E-state index in [1.807, 2.05) is 6.07 Å². The molecule has 0 spiro atoms. The molecular weight excluding hydrogens is 286 g/mol. The Hall–Kier alpha value is -2.16. The smallest absolute Gasteiger partial charge is 0.146 e. The van der Waals surface area contributed by atoms with Crippen molar-refractivity contribution in [3.05, 3.63) is 53.1 Å². The Morgan fingerprint density at radius 2 is 1.96 bits per heavy atom. The molecule has 1 atom stereocenters. The number of hydrogen-bond acceptors (Lipinski definition) is 3. The molecule has 0 aliphatic carbocycles. The van der Waals surface area contributed by atoms with E-state index in [0.717, 1.165) is 37.4 Å². The van der Waals surface area contributed by atoms with Gasteiger partial charge in [0.05, 0.1) is 12.2 Å². The molecule has 0 amide bonds. The number of nitrogens with zero attached hydrogens (tertiary/aromatic N) is 1. The van der Waals surface area contributed by atoms with Crippen molar-refractivity contribution in [2.75, 3.05) is 18.0 Å². The van der Waals surface area contributed by atoms with Gasteiger partial charge in [-0.25, -0.2) is 0 Å². The fourth-order valence-electron chi connectivity index (χ4n) is 3.20. The number of aryl methyl sites for hydroxylation is 2. The number of phenolic OH excluding ortho intramolecular Hbond substituents is 1. The molecule has 0 bridgehead atoms. The molecule has 1 unspecified atom stereocenters. The molecule has 1 heterocycles. The van der Waals surface area contributed by atoms with Crippen LogP contribution in [0.4, 0.5) is 5.69 Å². The standard InChI is InChI=1S/C20H25NO2/c1-4-9-21-13-18(11-16-6-5-14(2)15(3)10-16)23-20-12-17(22)7-8-19(20)21/h5-8,10,12,18,22H,4,9,11,13H2,1-3H3. The van der Waals surface area contributed by atoms with Gasteiger partial charge in [0.1, 0.15) is 17.6 Å². The largest absolute Gasteiger partial charge is 0.508 e. The number of anilines is 1. The van der Waals surface area contributed by atoms with Gasteiger partial charge in [-0.15, -0.1) is 0 Å². The Morgan fingerprint density at radius 3 is 2.70 bits per heavy atom. The summed E-state index contributed by atoms with van der Waals surface area (Å²) in [5, 5.41) is 9.75. The van der Waals surface area contributed by atoms with Gasteiger partial charge in [0, 0.05) is 19.0 Å². The van der Waals surface area contributed by atoms with Crippen LogP contribution in [0, 0.1) is 13.8 Å². The van der Waals surface area contributed by atoms with Crippen molar-refractivity contribution in [1.82, 2.24) is 0 Å². The van der Waals surface area contributed by atoms with Crippen LogP contribution in [0.5, 0.6) is 11.5 Å². The van der Waals surface area contributed by atoms with E-state index >= 15 is 0 Å². The van der Waals surface area contributed by atoms with Crippen LogP contribution in [-0.2, 0) is 6.42 Å². The highest BCUT2D eigenvalue weighted by molar-refractivity contribution is 5.62. The van der Waals surface area contributed by atoms with Crippen molar-refractivity contribution in [2.24, 2.45) is 0 Å². The lowest BCUT2D eigenvalue weighted by atomic mass is 10.0. The quantitative estimate of drug-likeness (QED) is 0.917. The first kappa shape index (κ1) is 15.7. The summed E-state index contributed by atoms with van der Waals surface area (Å²) in [6, 6.07) is 12.0. The van der Waals surface area contributed by atoms with Crippen molar-refractivity contribution < 1.29 is 9.84 Å². The summed E-state index contributed by atoms with van der Waals surface area (Å²) in [5.74, 6) is 1.05. The van der Waals surface area contributed by atoms with Crippen LogP contribution in [0.25, 0.3) is 0 Å². The molecule has 0 fully saturated rings. The number of ether oxygens (including phenoxy) is 1. The lowest BCUT2D eigenvalue weighted by Gasteiger charge is -2.36. The molecule has 1 aliphatic heterocycles. The minimum absolute atomic E-state index is 0.109. The van der Waals surface area contributed by atoms with Gasteiger partial charge >= 0.3 is 0 Å². The second kappa shape index (κ2) is 6.53. The van der Waals surface area contributed by atoms with Crippen LogP contribution in [0.3, 0.4) is 0 Å². The molecule has 0 saturated heterocycles. The van der Waals surface area contributed by atoms with E-state index in [-0.39, 0.29) is 11.9 Å². The van der Waals surface area contributed by atoms with Crippen LogP contribution in [0.1, 0.15) is 30.0 Å². The molecule has 122 valence electrons. The predicted molar refractivity (Wildman–Crippen MR) is 94.6 cm³/mol. The van der Waals surface area contributed by atoms with Crippen molar-refractivity contribution in [1.29, 1.82) is 0 Å². The summed E-state index contributed by atoms with van der Waals surface area (Å²) in [5.41, 5.74) is 5.03. The minimum atomic E-state index is 0.109. The molecule has 3 nitrogen and oxygen atoms in total. The minimum Gasteiger partial charge on any atom is -0.508 e. The summed E-state index contributed by atoms with van der Waals surface area (Å²) in [6.45, 7) is 8.37. The lowest BCUT2D eigenvalue weighted by Crippen LogP contribution is -2.41. The Balaban J connectivity index is 1.82. The highest BCUT2D eigenvalue weighted by atomic mass is 16.5. The maximum Gasteiger partial charge on any atom is 0.146 e. The van der Waals surface area contributed by atoms with Crippen LogP contribution in [0.15, 0.2) is 36.4 Å². The zero-order valence-corrected chi connectivity index (χ0v) is 14.2. The van der Waals surface area contributed by atoms with Gasteiger partial charge in [0.2, 0.25) is 0 Å². The van der Waals surface area contributed by atoms with E-state index in [4.69, 9.17) is 4.74 Å². The van der Waals surface area contributed by atoms with E-state index in [0.29, 0.717) is 0 Å². The number of hydrogen-bond donors (Lipinski definition) is 1. The Morgan fingerprint density at radius 1 is 1.13 bits per heavy atom. The first-order valence-electron chi connectivity index (χ1n) is 8.37. The maximum atomic E-state index is 9.75. The third-order valence-electron chi connectivity index (χ3n) is 4.53. The lowest BCUT2D eigenvalue weighted by molar-refractivity contribution is 0.193. The Labute approximate surface area is 138 Å². The Kier molecular flexibility index (Phi) is 4.46. The van der Waals surface area contributed by atoms with Crippen molar-refractivity contribution in [3.63, 3.8) is 0 Å². The molecule has 2 aromatic carbocycles. The van der Waals surface area contributed by atoms with E-state index in [2.05, 4.69) is 43.9 Å². The molecule has 1 aliphatic rings. The van der Waals surface area contributed by atoms with Crippen LogP contribution < -0.4 is 9.64 Å². The normalized spacial score (nSPS) is 16.8. The summed E-state index contributed by atoms with van der Waals surface area (Å²) in [7, 11) is 0. The molecule has 0 aromatic heterocycles. The maximum absolute atomic E-state index is 9.75. The second-order valence-corrected chi connectivity index (χ2v) is 6.46. The van der Waals surface area contributed by atoms with Crippen LogP contribution in [0.2, 0.25) is 0 Å². The van der Waals surface area contributed by atoms with Gasteiger partial charge in [0.25, 0.3) is 0 Å². The molecule has 0 saturated carbocycles. The fraction of sp³-hybridized carbons (Fsp3) is 0.400. The molecule has 0 radical (unpaired) electrons. The average molecular weight is 311 g/mol. The topological polar surface area (TPSA) is 32.7 Å². The average Bonchev–Trinajstić information content (AvgIpc) is 2.51. The first-order valence-corrected chi connectivity index (χ1v) is 8.37. The van der Waals surface area contributed by atoms with E-state index in [9.17, 15) is 5.11 Å². The molecule has 3 rings (SSSR count). The van der Waals surface area contributed by atoms with Gasteiger partial charge in [-0.05, 0) is 49.1 Å². The van der Waals surface area contributed by atoms with Gasteiger partial charge in [-0.2, -0.15) is 0 Å². The number of fused-ring (bicyclic) bond motifs is 1. The number of benzene rings is 2.